The molecule has 0 aliphatic heterocycles. The predicted molar refractivity (Wildman–Crippen MR) is 117 cm³/mol. The molecule has 0 heterocycles. The highest BCUT2D eigenvalue weighted by Crippen LogP contribution is 2.69. The third-order valence-corrected chi connectivity index (χ3v) is 10.6. The van der Waals surface area contributed by atoms with Crippen LogP contribution < -0.4 is 0 Å². The van der Waals surface area contributed by atoms with Crippen molar-refractivity contribution in [2.45, 2.75) is 85.8 Å². The summed E-state index contributed by atoms with van der Waals surface area (Å²) in [5, 5.41) is 0. The fraction of sp³-hybridized carbons (Fsp3) is 0.880. The molecule has 6 aliphatic carbocycles. The van der Waals surface area contributed by atoms with Gasteiger partial charge in [0.1, 0.15) is 0 Å². The van der Waals surface area contributed by atoms with Crippen LogP contribution in [0.4, 0.5) is 0 Å². The molecule has 4 bridgehead atoms. The minimum atomic E-state index is -0.157. The fourth-order valence-corrected chi connectivity index (χ4v) is 8.38. The lowest BCUT2D eigenvalue weighted by atomic mass is 9.21. The van der Waals surface area contributed by atoms with Gasteiger partial charge in [0.15, 0.2) is 6.71 Å². The van der Waals surface area contributed by atoms with E-state index in [0.717, 1.165) is 47.1 Å². The van der Waals surface area contributed by atoms with E-state index in [2.05, 4.69) is 47.5 Å². The zero-order valence-electron chi connectivity index (χ0n) is 19.2. The van der Waals surface area contributed by atoms with E-state index in [1.165, 1.54) is 25.7 Å². The van der Waals surface area contributed by atoms with Gasteiger partial charge in [0.05, 0.1) is 6.61 Å². The zero-order valence-corrected chi connectivity index (χ0v) is 19.2. The molecule has 4 unspecified atom stereocenters. The maximum Gasteiger partial charge on any atom is 0.329 e. The Balaban J connectivity index is 1.58. The van der Waals surface area contributed by atoms with E-state index in [1.807, 2.05) is 6.92 Å². The first-order chi connectivity index (χ1) is 13.1. The van der Waals surface area contributed by atoms with Crippen LogP contribution in [0.15, 0.2) is 12.1 Å². The van der Waals surface area contributed by atoms with Crippen LogP contribution in [0.3, 0.4) is 0 Å². The van der Waals surface area contributed by atoms with Gasteiger partial charge in [-0.2, -0.15) is 0 Å². The van der Waals surface area contributed by atoms with Gasteiger partial charge >= 0.3 is 5.97 Å². The second-order valence-electron chi connectivity index (χ2n) is 11.9. The van der Waals surface area contributed by atoms with E-state index >= 15 is 0 Å². The molecule has 0 saturated heterocycles. The van der Waals surface area contributed by atoms with E-state index < -0.39 is 0 Å². The Labute approximate surface area is 173 Å². The van der Waals surface area contributed by atoms with Gasteiger partial charge in [-0.1, -0.05) is 66.0 Å². The molecule has 2 nitrogen and oxygen atoms in total. The Kier molecular flexibility index (Phi) is 5.07. The van der Waals surface area contributed by atoms with Crippen molar-refractivity contribution < 1.29 is 9.53 Å². The van der Waals surface area contributed by atoms with Crippen LogP contribution in [-0.2, 0) is 9.53 Å². The van der Waals surface area contributed by atoms with Gasteiger partial charge in [-0.25, -0.2) is 4.79 Å². The molecule has 0 aromatic heterocycles. The van der Waals surface area contributed by atoms with Crippen LogP contribution in [0.25, 0.3) is 0 Å². The first-order valence-corrected chi connectivity index (χ1v) is 11.9. The molecule has 156 valence electrons. The van der Waals surface area contributed by atoms with Crippen molar-refractivity contribution >= 4 is 12.7 Å². The van der Waals surface area contributed by atoms with Gasteiger partial charge < -0.3 is 4.74 Å². The van der Waals surface area contributed by atoms with Crippen LogP contribution in [0, 0.1) is 46.3 Å². The van der Waals surface area contributed by atoms with Crippen LogP contribution in [0.2, 0.25) is 11.6 Å². The van der Waals surface area contributed by atoms with Gasteiger partial charge in [-0.3, -0.25) is 0 Å². The Morgan fingerprint density at radius 1 is 0.929 bits per heavy atom. The Bertz CT molecular complexity index is 609. The number of carbonyl (C=O) groups is 1. The minimum absolute atomic E-state index is 0.157. The molecule has 0 radical (unpaired) electrons. The number of ether oxygens (including phenoxy) is 1. The topological polar surface area (TPSA) is 26.3 Å². The van der Waals surface area contributed by atoms with Crippen molar-refractivity contribution in [3.05, 3.63) is 12.1 Å². The Morgan fingerprint density at radius 3 is 1.75 bits per heavy atom. The number of hydrogen-bond donors (Lipinski definition) is 0. The maximum atomic E-state index is 12.1. The van der Waals surface area contributed by atoms with Crippen molar-refractivity contribution in [3.63, 3.8) is 0 Å². The molecule has 6 fully saturated rings. The minimum Gasteiger partial charge on any atom is -0.463 e. The smallest absolute Gasteiger partial charge is 0.329 e. The van der Waals surface area contributed by atoms with E-state index in [0.29, 0.717) is 24.1 Å². The normalized spacial score (nSPS) is 45.1. The van der Waals surface area contributed by atoms with E-state index in [-0.39, 0.29) is 5.97 Å². The van der Waals surface area contributed by atoms with Crippen molar-refractivity contribution in [1.82, 2.24) is 0 Å². The summed E-state index contributed by atoms with van der Waals surface area (Å²) >= 11 is 0. The molecule has 0 aromatic rings. The monoisotopic (exact) mass is 384 g/mol. The molecule has 0 spiro atoms. The number of rotatable bonds is 5. The summed E-state index contributed by atoms with van der Waals surface area (Å²) in [6, 6.07) is 0. The lowest BCUT2D eigenvalue weighted by Crippen LogP contribution is -2.59. The summed E-state index contributed by atoms with van der Waals surface area (Å²) in [7, 11) is 0. The summed E-state index contributed by atoms with van der Waals surface area (Å²) in [5.41, 5.74) is 1.04. The molecule has 28 heavy (non-hydrogen) atoms. The molecule has 3 heteroatoms. The van der Waals surface area contributed by atoms with Crippen molar-refractivity contribution in [1.29, 1.82) is 0 Å². The van der Waals surface area contributed by atoms with Gasteiger partial charge in [-0.05, 0) is 66.1 Å². The van der Waals surface area contributed by atoms with Crippen LogP contribution in [0.1, 0.15) is 74.1 Å². The molecule has 0 N–H and O–H groups in total. The van der Waals surface area contributed by atoms with E-state index in [4.69, 9.17) is 4.74 Å². The maximum absolute atomic E-state index is 12.1. The van der Waals surface area contributed by atoms with Crippen molar-refractivity contribution in [2.24, 2.45) is 46.3 Å². The zero-order chi connectivity index (χ0) is 20.4. The first-order valence-electron chi connectivity index (χ1n) is 11.9. The SMILES string of the molecule is CCOC(=O)/C=C/B(C1C[C@@H]2C[C@H](C1C)C2(C)C)C1C[C@@H]2C[C@H](C1C)C2(C)C. The van der Waals surface area contributed by atoms with Crippen LogP contribution in [0.5, 0.6) is 0 Å². The summed E-state index contributed by atoms with van der Waals surface area (Å²) in [4.78, 5) is 12.1. The molecular weight excluding hydrogens is 343 g/mol. The molecular formula is C25H41BO2. The third kappa shape index (κ3) is 2.93. The summed E-state index contributed by atoms with van der Waals surface area (Å²) in [6.07, 6.45) is 7.33. The van der Waals surface area contributed by atoms with Gasteiger partial charge in [0.2, 0.25) is 0 Å². The quantitative estimate of drug-likeness (QED) is 0.317. The van der Waals surface area contributed by atoms with Crippen LogP contribution >= 0.6 is 0 Å². The molecule has 6 rings (SSSR count). The summed E-state index contributed by atoms with van der Waals surface area (Å²) in [6.45, 7) is 17.9. The van der Waals surface area contributed by atoms with E-state index in [9.17, 15) is 4.79 Å². The van der Waals surface area contributed by atoms with Gasteiger partial charge in [0.25, 0.3) is 0 Å². The van der Waals surface area contributed by atoms with E-state index in [1.54, 1.807) is 6.08 Å². The number of esters is 1. The second kappa shape index (κ2) is 6.91. The average molecular weight is 384 g/mol. The predicted octanol–water partition coefficient (Wildman–Crippen LogP) is 6.28. The first kappa shape index (κ1) is 20.5. The van der Waals surface area contributed by atoms with Crippen LogP contribution in [-0.4, -0.2) is 19.3 Å². The Hall–Kier alpha value is -0.725. The largest absolute Gasteiger partial charge is 0.463 e. The Morgan fingerprint density at radius 2 is 1.39 bits per heavy atom. The average Bonchev–Trinajstić information content (AvgIpc) is 2.63. The summed E-state index contributed by atoms with van der Waals surface area (Å²) in [5.74, 6) is 8.59. The molecule has 8 atom stereocenters. The lowest BCUT2D eigenvalue weighted by molar-refractivity contribution is -0.137. The highest BCUT2D eigenvalue weighted by Gasteiger charge is 2.61. The highest BCUT2D eigenvalue weighted by molar-refractivity contribution is 6.67. The number of hydrogen-bond acceptors (Lipinski definition) is 2. The highest BCUT2D eigenvalue weighted by atomic mass is 16.5. The van der Waals surface area contributed by atoms with Gasteiger partial charge in [0, 0.05) is 6.08 Å². The molecule has 0 aromatic carbocycles. The standard InChI is InChI=1S/C25H41BO2/c1-8-28-23(27)9-10-26(21-13-17-11-19(15(21)2)24(17,4)5)22-14-18-12-20(16(22)3)25(18,6)7/h9-10,15-22H,8,11-14H2,1-7H3/b10-9+/t15?,16?,17-,18-,19+,20+,21?,22?/m0/s1. The molecule has 0 amide bonds. The molecule has 6 saturated carbocycles. The third-order valence-electron chi connectivity index (χ3n) is 10.6. The van der Waals surface area contributed by atoms with Gasteiger partial charge in [-0.15, -0.1) is 5.98 Å². The lowest BCUT2D eigenvalue weighted by Gasteiger charge is -2.66. The fourth-order valence-electron chi connectivity index (χ4n) is 8.38. The van der Waals surface area contributed by atoms with Crippen molar-refractivity contribution in [2.75, 3.05) is 6.61 Å². The second-order valence-corrected chi connectivity index (χ2v) is 11.9. The number of carbonyl (C=O) groups excluding carboxylic acids is 1. The summed E-state index contributed by atoms with van der Waals surface area (Å²) < 4.78 is 5.22. The number of fused-ring (bicyclic) bond motifs is 4. The molecule has 6 aliphatic rings. The van der Waals surface area contributed by atoms with Crippen molar-refractivity contribution in [3.8, 4) is 0 Å².